The molecule has 0 saturated carbocycles. The van der Waals surface area contributed by atoms with E-state index in [0.29, 0.717) is 11.2 Å². The Morgan fingerprint density at radius 2 is 1.12 bits per heavy atom. The number of benzene rings is 6. The second kappa shape index (κ2) is 8.89. The van der Waals surface area contributed by atoms with E-state index in [9.17, 15) is 0 Å². The lowest BCUT2D eigenvalue weighted by Crippen LogP contribution is -2.06. The molecule has 1 aromatic heterocycles. The molecule has 41 heavy (non-hydrogen) atoms. The molecule has 0 amide bonds. The van der Waals surface area contributed by atoms with Crippen molar-refractivity contribution < 1.29 is 0 Å². The lowest BCUT2D eigenvalue weighted by atomic mass is 9.89. The summed E-state index contributed by atoms with van der Waals surface area (Å²) in [5, 5.41) is 7.61. The third-order valence-electron chi connectivity index (χ3n) is 8.66. The Morgan fingerprint density at radius 1 is 0.512 bits per heavy atom. The summed E-state index contributed by atoms with van der Waals surface area (Å²) in [6.45, 7) is 0. The van der Waals surface area contributed by atoms with Crippen molar-refractivity contribution in [2.75, 3.05) is 0 Å². The monoisotopic (exact) mass is 540 g/mol. The first-order valence-corrected chi connectivity index (χ1v) is 15.0. The number of fused-ring (bicyclic) bond motifs is 10. The van der Waals surface area contributed by atoms with E-state index < -0.39 is 0 Å². The molecule has 2 nitrogen and oxygen atoms in total. The van der Waals surface area contributed by atoms with Gasteiger partial charge in [0.2, 0.25) is 0 Å². The van der Waals surface area contributed by atoms with Gasteiger partial charge in [-0.15, -0.1) is 11.8 Å². The van der Waals surface area contributed by atoms with Gasteiger partial charge in [-0.05, 0) is 38.2 Å². The van der Waals surface area contributed by atoms with Crippen LogP contribution in [0.3, 0.4) is 0 Å². The summed E-state index contributed by atoms with van der Waals surface area (Å²) in [7, 11) is 0. The fourth-order valence-corrected chi connectivity index (χ4v) is 8.27. The van der Waals surface area contributed by atoms with Crippen LogP contribution in [-0.2, 0) is 0 Å². The van der Waals surface area contributed by atoms with Crippen LogP contribution in [0.25, 0.3) is 65.7 Å². The average Bonchev–Trinajstić information content (AvgIpc) is 3.43. The third-order valence-corrected chi connectivity index (χ3v) is 10.1. The highest BCUT2D eigenvalue weighted by Crippen LogP contribution is 2.52. The van der Waals surface area contributed by atoms with Gasteiger partial charge in [0.15, 0.2) is 0 Å². The predicted molar refractivity (Wildman–Crippen MR) is 174 cm³/mol. The number of rotatable bonds is 2. The molecule has 2 atom stereocenters. The standard InChI is InChI=1S/C38H24N2S/c1-3-13-30-25(10-1)26-11-2-4-14-31(26)37-36(30)39-22-34(40-37)28-18-8-15-23-24(28)16-7-17-27(23)32-19-9-20-33-29-12-5-6-21-35(29)41-38(32)33/h1-22,29,35H. The largest absolute Gasteiger partial charge is 0.252 e. The summed E-state index contributed by atoms with van der Waals surface area (Å²) in [6, 6.07) is 37.1. The topological polar surface area (TPSA) is 25.8 Å². The minimum atomic E-state index is 0.448. The van der Waals surface area contributed by atoms with Gasteiger partial charge >= 0.3 is 0 Å². The molecule has 1 aliphatic carbocycles. The summed E-state index contributed by atoms with van der Waals surface area (Å²) >= 11 is 1.99. The van der Waals surface area contributed by atoms with Gasteiger partial charge in [-0.2, -0.15) is 0 Å². The molecular formula is C38H24N2S. The molecule has 0 fully saturated rings. The molecular weight excluding hydrogens is 516 g/mol. The van der Waals surface area contributed by atoms with Crippen LogP contribution in [0.2, 0.25) is 0 Å². The second-order valence-electron chi connectivity index (χ2n) is 10.9. The van der Waals surface area contributed by atoms with Crippen molar-refractivity contribution in [1.82, 2.24) is 9.97 Å². The SMILES string of the molecule is C1=CC2Sc3c(-c4cccc5c(-c6cnc7c8ccccc8c8ccccc8c7n6)cccc45)cccc3C2C=C1. The summed E-state index contributed by atoms with van der Waals surface area (Å²) in [5.74, 6) is 0.448. The highest BCUT2D eigenvalue weighted by atomic mass is 32.2. The van der Waals surface area contributed by atoms with Gasteiger partial charge in [0, 0.05) is 32.4 Å². The Kier molecular flexibility index (Phi) is 4.99. The minimum absolute atomic E-state index is 0.448. The van der Waals surface area contributed by atoms with E-state index in [1.807, 2.05) is 18.0 Å². The average molecular weight is 541 g/mol. The number of hydrogen-bond acceptors (Lipinski definition) is 3. The van der Waals surface area contributed by atoms with E-state index in [0.717, 1.165) is 33.1 Å². The lowest BCUT2D eigenvalue weighted by molar-refractivity contribution is 0.881. The van der Waals surface area contributed by atoms with Crippen molar-refractivity contribution in [2.45, 2.75) is 16.1 Å². The first-order valence-electron chi connectivity index (χ1n) is 14.1. The quantitative estimate of drug-likeness (QED) is 0.204. The molecule has 0 saturated heterocycles. The summed E-state index contributed by atoms with van der Waals surface area (Å²) < 4.78 is 0. The fraction of sp³-hybridized carbons (Fsp3) is 0.0526. The summed E-state index contributed by atoms with van der Waals surface area (Å²) in [5.41, 5.74) is 7.92. The van der Waals surface area contributed by atoms with E-state index in [2.05, 4.69) is 127 Å². The Balaban J connectivity index is 1.26. The van der Waals surface area contributed by atoms with Crippen molar-refractivity contribution in [3.8, 4) is 22.4 Å². The van der Waals surface area contributed by atoms with Gasteiger partial charge in [0.05, 0.1) is 22.9 Å². The second-order valence-corrected chi connectivity index (χ2v) is 12.0. The molecule has 0 N–H and O–H groups in total. The minimum Gasteiger partial charge on any atom is -0.252 e. The van der Waals surface area contributed by atoms with E-state index >= 15 is 0 Å². The predicted octanol–water partition coefficient (Wildman–Crippen LogP) is 10.1. The molecule has 0 spiro atoms. The Bertz CT molecular complexity index is 2230. The van der Waals surface area contributed by atoms with Gasteiger partial charge < -0.3 is 0 Å². The molecule has 2 unspecified atom stereocenters. The lowest BCUT2D eigenvalue weighted by Gasteiger charge is -2.15. The van der Waals surface area contributed by atoms with Crippen LogP contribution in [0, 0.1) is 0 Å². The van der Waals surface area contributed by atoms with E-state index in [1.54, 1.807) is 0 Å². The molecule has 6 aromatic carbocycles. The van der Waals surface area contributed by atoms with E-state index in [1.165, 1.54) is 43.1 Å². The number of allylic oxidation sites excluding steroid dienone is 3. The van der Waals surface area contributed by atoms with Crippen molar-refractivity contribution in [3.05, 3.63) is 139 Å². The number of thioether (sulfide) groups is 1. The van der Waals surface area contributed by atoms with Crippen LogP contribution < -0.4 is 0 Å². The zero-order valence-electron chi connectivity index (χ0n) is 22.2. The van der Waals surface area contributed by atoms with Crippen LogP contribution in [0.15, 0.2) is 139 Å². The Labute approximate surface area is 242 Å². The van der Waals surface area contributed by atoms with Crippen molar-refractivity contribution in [2.24, 2.45) is 0 Å². The maximum atomic E-state index is 5.30. The van der Waals surface area contributed by atoms with Gasteiger partial charge in [-0.3, -0.25) is 4.98 Å². The molecule has 1 aliphatic heterocycles. The van der Waals surface area contributed by atoms with E-state index in [-0.39, 0.29) is 0 Å². The molecule has 2 heterocycles. The third kappa shape index (κ3) is 3.39. The van der Waals surface area contributed by atoms with E-state index in [4.69, 9.17) is 9.97 Å². The molecule has 0 radical (unpaired) electrons. The zero-order chi connectivity index (χ0) is 26.9. The smallest absolute Gasteiger partial charge is 0.0979 e. The van der Waals surface area contributed by atoms with Crippen molar-refractivity contribution in [3.63, 3.8) is 0 Å². The van der Waals surface area contributed by atoms with Crippen LogP contribution in [0.5, 0.6) is 0 Å². The molecule has 0 bridgehead atoms. The first-order chi connectivity index (χ1) is 20.3. The van der Waals surface area contributed by atoms with Crippen LogP contribution in [-0.4, -0.2) is 15.2 Å². The van der Waals surface area contributed by atoms with Crippen LogP contribution in [0.4, 0.5) is 0 Å². The number of nitrogens with zero attached hydrogens (tertiary/aromatic N) is 2. The highest BCUT2D eigenvalue weighted by Gasteiger charge is 2.32. The molecule has 9 rings (SSSR count). The molecule has 192 valence electrons. The molecule has 7 aromatic rings. The van der Waals surface area contributed by atoms with Crippen LogP contribution >= 0.6 is 11.8 Å². The van der Waals surface area contributed by atoms with Gasteiger partial charge in [-0.25, -0.2) is 4.98 Å². The summed E-state index contributed by atoms with van der Waals surface area (Å²) in [6.07, 6.45) is 11.0. The van der Waals surface area contributed by atoms with Gasteiger partial charge in [0.25, 0.3) is 0 Å². The summed E-state index contributed by atoms with van der Waals surface area (Å²) in [4.78, 5) is 11.7. The number of hydrogen-bond donors (Lipinski definition) is 0. The highest BCUT2D eigenvalue weighted by molar-refractivity contribution is 8.00. The number of aromatic nitrogens is 2. The van der Waals surface area contributed by atoms with Gasteiger partial charge in [-0.1, -0.05) is 127 Å². The zero-order valence-corrected chi connectivity index (χ0v) is 23.0. The molecule has 3 heteroatoms. The Morgan fingerprint density at radius 3 is 1.93 bits per heavy atom. The van der Waals surface area contributed by atoms with Gasteiger partial charge in [0.1, 0.15) is 0 Å². The Hall–Kier alpha value is -4.73. The maximum Gasteiger partial charge on any atom is 0.0979 e. The first kappa shape index (κ1) is 23.0. The van der Waals surface area contributed by atoms with Crippen molar-refractivity contribution >= 4 is 55.1 Å². The van der Waals surface area contributed by atoms with Crippen molar-refractivity contribution in [1.29, 1.82) is 0 Å². The molecule has 2 aliphatic rings. The normalized spacial score (nSPS) is 17.5. The van der Waals surface area contributed by atoms with Crippen LogP contribution in [0.1, 0.15) is 11.5 Å². The maximum absolute atomic E-state index is 5.30. The fourth-order valence-electron chi connectivity index (χ4n) is 6.80.